The Kier molecular flexibility index (Phi) is 5.75. The molecule has 0 saturated heterocycles. The molecule has 1 amide bonds. The minimum absolute atomic E-state index is 0.114. The van der Waals surface area contributed by atoms with E-state index in [0.717, 1.165) is 62.8 Å². The number of unbranched alkanes of at least 4 members (excludes halogenated alkanes) is 2. The number of methoxy groups -OCH3 is 1. The molecule has 0 aliphatic heterocycles. The van der Waals surface area contributed by atoms with Gasteiger partial charge in [-0.25, -0.2) is 0 Å². The van der Waals surface area contributed by atoms with Crippen molar-refractivity contribution in [2.45, 2.75) is 71.6 Å². The molecule has 4 heteroatoms. The maximum atomic E-state index is 13.6. The number of ether oxygens (including phenoxy) is 1. The lowest BCUT2D eigenvalue weighted by Crippen LogP contribution is -2.55. The molecule has 0 radical (unpaired) electrons. The molecule has 0 aromatic rings. The third kappa shape index (κ3) is 3.88. The van der Waals surface area contributed by atoms with Gasteiger partial charge in [0.2, 0.25) is 5.91 Å². The van der Waals surface area contributed by atoms with Crippen LogP contribution in [0, 0.1) is 29.1 Å². The summed E-state index contributed by atoms with van der Waals surface area (Å²) in [6.07, 6.45) is 10.6. The van der Waals surface area contributed by atoms with Crippen molar-refractivity contribution in [3.63, 3.8) is 0 Å². The average Bonchev–Trinajstić information content (AvgIpc) is 2.58. The summed E-state index contributed by atoms with van der Waals surface area (Å²) in [5, 5.41) is 0. The summed E-state index contributed by atoms with van der Waals surface area (Å²) in [5.41, 5.74) is -0.114. The van der Waals surface area contributed by atoms with E-state index in [9.17, 15) is 9.59 Å². The molecule has 0 aromatic carbocycles. The van der Waals surface area contributed by atoms with Crippen LogP contribution in [-0.2, 0) is 14.3 Å². The Morgan fingerprint density at radius 1 is 1.08 bits per heavy atom. The highest BCUT2D eigenvalue weighted by Gasteiger charge is 2.55. The van der Waals surface area contributed by atoms with Gasteiger partial charge in [-0.3, -0.25) is 9.59 Å². The van der Waals surface area contributed by atoms with E-state index in [0.29, 0.717) is 12.5 Å². The summed E-state index contributed by atoms with van der Waals surface area (Å²) in [4.78, 5) is 27.5. The molecule has 4 fully saturated rings. The minimum atomic E-state index is -0.246. The first kappa shape index (κ1) is 18.7. The first-order valence-corrected chi connectivity index (χ1v) is 10.3. The van der Waals surface area contributed by atoms with Gasteiger partial charge in [0.05, 0.1) is 18.4 Å². The van der Waals surface area contributed by atoms with Crippen LogP contribution in [0.1, 0.15) is 71.6 Å². The van der Waals surface area contributed by atoms with Gasteiger partial charge in [0.25, 0.3) is 0 Å². The number of hydrogen-bond donors (Lipinski definition) is 0. The van der Waals surface area contributed by atoms with Crippen molar-refractivity contribution in [3.8, 4) is 0 Å². The fourth-order valence-corrected chi connectivity index (χ4v) is 6.14. The normalized spacial score (nSPS) is 34.0. The second kappa shape index (κ2) is 7.67. The first-order valence-electron chi connectivity index (χ1n) is 10.3. The van der Waals surface area contributed by atoms with Gasteiger partial charge in [0.15, 0.2) is 0 Å². The Morgan fingerprint density at radius 2 is 1.64 bits per heavy atom. The zero-order valence-corrected chi connectivity index (χ0v) is 16.3. The van der Waals surface area contributed by atoms with Gasteiger partial charge in [-0.05, 0) is 62.7 Å². The van der Waals surface area contributed by atoms with Crippen molar-refractivity contribution in [1.82, 2.24) is 4.90 Å². The lowest BCUT2D eigenvalue weighted by atomic mass is 9.49. The summed E-state index contributed by atoms with van der Waals surface area (Å²) in [6.45, 7) is 5.36. The Hall–Kier alpha value is -1.06. The smallest absolute Gasteiger partial charge is 0.310 e. The highest BCUT2D eigenvalue weighted by atomic mass is 16.5. The predicted molar refractivity (Wildman–Crippen MR) is 97.9 cm³/mol. The largest absolute Gasteiger partial charge is 0.469 e. The van der Waals surface area contributed by atoms with Crippen LogP contribution in [0.4, 0.5) is 0 Å². The fourth-order valence-electron chi connectivity index (χ4n) is 6.14. The lowest BCUT2D eigenvalue weighted by Gasteiger charge is -2.56. The first-order chi connectivity index (χ1) is 12.0. The van der Waals surface area contributed by atoms with E-state index < -0.39 is 0 Å². The van der Waals surface area contributed by atoms with Gasteiger partial charge in [-0.15, -0.1) is 0 Å². The summed E-state index contributed by atoms with van der Waals surface area (Å²) >= 11 is 0. The zero-order valence-electron chi connectivity index (χ0n) is 16.3. The number of esters is 1. The summed E-state index contributed by atoms with van der Waals surface area (Å²) in [5.74, 6) is 2.20. The van der Waals surface area contributed by atoms with Crippen LogP contribution in [0.25, 0.3) is 0 Å². The molecule has 0 N–H and O–H groups in total. The SMILES string of the molecule is CCCCCN(CC(C)C(=O)OC)C(=O)C12CC3CC(CC(C3)C1)C2. The minimum Gasteiger partial charge on any atom is -0.469 e. The number of carbonyl (C=O) groups excluding carboxylic acids is 2. The van der Waals surface area contributed by atoms with Crippen molar-refractivity contribution in [2.24, 2.45) is 29.1 Å². The number of carbonyl (C=O) groups is 2. The van der Waals surface area contributed by atoms with Crippen molar-refractivity contribution < 1.29 is 14.3 Å². The Morgan fingerprint density at radius 3 is 2.12 bits per heavy atom. The van der Waals surface area contributed by atoms with Gasteiger partial charge >= 0.3 is 5.97 Å². The number of nitrogens with zero attached hydrogens (tertiary/aromatic N) is 1. The van der Waals surface area contributed by atoms with Crippen molar-refractivity contribution >= 4 is 11.9 Å². The molecule has 0 heterocycles. The van der Waals surface area contributed by atoms with E-state index in [2.05, 4.69) is 6.92 Å². The Bertz CT molecular complexity index is 466. The second-order valence-corrected chi connectivity index (χ2v) is 9.08. The second-order valence-electron chi connectivity index (χ2n) is 9.08. The predicted octanol–water partition coefficient (Wildman–Crippen LogP) is 4.03. The molecule has 4 saturated carbocycles. The van der Waals surface area contributed by atoms with Crippen LogP contribution >= 0.6 is 0 Å². The molecular formula is C21H35NO3. The number of rotatable bonds is 8. The lowest BCUT2D eigenvalue weighted by molar-refractivity contribution is -0.159. The van der Waals surface area contributed by atoms with Crippen molar-refractivity contribution in [3.05, 3.63) is 0 Å². The summed E-state index contributed by atoms with van der Waals surface area (Å²) in [7, 11) is 1.43. The van der Waals surface area contributed by atoms with E-state index in [1.54, 1.807) is 0 Å². The standard InChI is InChI=1S/C21H35NO3/c1-4-5-6-7-22(14-15(2)19(23)25-3)20(24)21-11-16-8-17(12-21)10-18(9-16)13-21/h15-18H,4-14H2,1-3H3. The summed E-state index contributed by atoms with van der Waals surface area (Å²) < 4.78 is 4.89. The van der Waals surface area contributed by atoms with E-state index >= 15 is 0 Å². The van der Waals surface area contributed by atoms with Crippen LogP contribution in [0.5, 0.6) is 0 Å². The Balaban J connectivity index is 1.72. The molecule has 1 atom stereocenters. The van der Waals surface area contributed by atoms with Crippen LogP contribution in [0.3, 0.4) is 0 Å². The third-order valence-electron chi connectivity index (χ3n) is 6.91. The third-order valence-corrected chi connectivity index (χ3v) is 6.91. The van der Waals surface area contributed by atoms with Crippen LogP contribution in [0.2, 0.25) is 0 Å². The van der Waals surface area contributed by atoms with Crippen molar-refractivity contribution in [2.75, 3.05) is 20.2 Å². The monoisotopic (exact) mass is 349 g/mol. The van der Waals surface area contributed by atoms with E-state index in [-0.39, 0.29) is 17.3 Å². The topological polar surface area (TPSA) is 46.6 Å². The Labute approximate surface area is 152 Å². The van der Waals surface area contributed by atoms with Crippen molar-refractivity contribution in [1.29, 1.82) is 0 Å². The van der Waals surface area contributed by atoms with Crippen LogP contribution in [-0.4, -0.2) is 37.0 Å². The molecule has 142 valence electrons. The zero-order chi connectivity index (χ0) is 18.0. The molecule has 4 bridgehead atoms. The number of amides is 1. The van der Waals surface area contributed by atoms with Crippen LogP contribution in [0.15, 0.2) is 0 Å². The molecule has 0 aromatic heterocycles. The molecule has 4 aliphatic carbocycles. The molecule has 0 spiro atoms. The molecule has 4 nitrogen and oxygen atoms in total. The molecular weight excluding hydrogens is 314 g/mol. The van der Waals surface area contributed by atoms with Gasteiger partial charge in [-0.2, -0.15) is 0 Å². The van der Waals surface area contributed by atoms with Crippen LogP contribution < -0.4 is 0 Å². The molecule has 1 unspecified atom stereocenters. The maximum absolute atomic E-state index is 13.6. The average molecular weight is 350 g/mol. The molecule has 25 heavy (non-hydrogen) atoms. The van der Waals surface area contributed by atoms with E-state index in [1.807, 2.05) is 11.8 Å². The fraction of sp³-hybridized carbons (Fsp3) is 0.905. The van der Waals surface area contributed by atoms with Gasteiger partial charge in [0.1, 0.15) is 0 Å². The van der Waals surface area contributed by atoms with Gasteiger partial charge in [0, 0.05) is 13.1 Å². The highest BCUT2D eigenvalue weighted by Crippen LogP contribution is 2.60. The highest BCUT2D eigenvalue weighted by molar-refractivity contribution is 5.84. The van der Waals surface area contributed by atoms with E-state index in [4.69, 9.17) is 4.74 Å². The molecule has 4 aliphatic rings. The van der Waals surface area contributed by atoms with Gasteiger partial charge < -0.3 is 9.64 Å². The number of hydrogen-bond acceptors (Lipinski definition) is 3. The maximum Gasteiger partial charge on any atom is 0.310 e. The van der Waals surface area contributed by atoms with E-state index in [1.165, 1.54) is 26.4 Å². The van der Waals surface area contributed by atoms with Gasteiger partial charge in [-0.1, -0.05) is 26.7 Å². The summed E-state index contributed by atoms with van der Waals surface area (Å²) in [6, 6.07) is 0. The molecule has 4 rings (SSSR count). The quantitative estimate of drug-likeness (QED) is 0.491.